The summed E-state index contributed by atoms with van der Waals surface area (Å²) < 4.78 is 23.2. The Morgan fingerprint density at radius 1 is 0.805 bits per heavy atom. The number of dihydropyridines is 1. The molecular formula is C67H71N3O7. The number of phenolic OH excluding ortho intramolecular Hbond substituents is 3. The third-order valence-electron chi connectivity index (χ3n) is 18.7. The molecule has 1 saturated heterocycles. The van der Waals surface area contributed by atoms with E-state index in [2.05, 4.69) is 82.7 Å². The van der Waals surface area contributed by atoms with Crippen molar-refractivity contribution in [1.82, 2.24) is 9.88 Å². The van der Waals surface area contributed by atoms with Crippen molar-refractivity contribution in [3.63, 3.8) is 0 Å². The van der Waals surface area contributed by atoms with Gasteiger partial charge in [-0.2, -0.15) is 0 Å². The van der Waals surface area contributed by atoms with Gasteiger partial charge in [-0.3, -0.25) is 0 Å². The van der Waals surface area contributed by atoms with E-state index in [0.717, 1.165) is 125 Å². The van der Waals surface area contributed by atoms with Crippen LogP contribution in [0.1, 0.15) is 127 Å². The molecule has 0 radical (unpaired) electrons. The minimum absolute atomic E-state index is 0.0601. The van der Waals surface area contributed by atoms with Gasteiger partial charge in [0.15, 0.2) is 11.5 Å². The van der Waals surface area contributed by atoms with E-state index in [1.807, 2.05) is 36.4 Å². The highest BCUT2D eigenvalue weighted by molar-refractivity contribution is 5.89. The molecule has 2 fully saturated rings. The van der Waals surface area contributed by atoms with E-state index in [0.29, 0.717) is 37.5 Å². The summed E-state index contributed by atoms with van der Waals surface area (Å²) in [7, 11) is 0. The summed E-state index contributed by atoms with van der Waals surface area (Å²) >= 11 is 0. The maximum atomic E-state index is 12.1. The molecule has 3 aliphatic carbocycles. The van der Waals surface area contributed by atoms with Crippen LogP contribution in [0.2, 0.25) is 0 Å². The second kappa shape index (κ2) is 20.6. The lowest BCUT2D eigenvalue weighted by Crippen LogP contribution is -2.59. The Kier molecular flexibility index (Phi) is 13.3. The van der Waals surface area contributed by atoms with E-state index in [4.69, 9.17) is 19.9 Å². The third kappa shape index (κ3) is 9.43. The molecule has 0 amide bonds. The van der Waals surface area contributed by atoms with E-state index in [1.165, 1.54) is 36.0 Å². The number of aryl methyl sites for hydroxylation is 2. The number of phenols is 3. The number of rotatable bonds is 6. The van der Waals surface area contributed by atoms with Crippen molar-refractivity contribution in [2.24, 2.45) is 23.5 Å². The van der Waals surface area contributed by atoms with Gasteiger partial charge in [-0.15, -0.1) is 0 Å². The van der Waals surface area contributed by atoms with Crippen LogP contribution in [0, 0.1) is 29.6 Å². The smallest absolute Gasteiger partial charge is 0.168 e. The van der Waals surface area contributed by atoms with Gasteiger partial charge in [0, 0.05) is 82.5 Å². The molecule has 6 aromatic rings. The number of nitrogens with zero attached hydrogens (tertiary/aromatic N) is 1. The van der Waals surface area contributed by atoms with Crippen LogP contribution in [-0.2, 0) is 47.2 Å². The normalized spacial score (nSPS) is 26.5. The SMILES string of the molecule is NC1C=C2C#C[C@@H](CCc3ccc(O)c(Cc4cccc(O)c4)c3)CCC[C@H]3C[C@H](O)[C@@H]4C=Cc5c(ccc(O)c5OCc5cc([C@]67CCOC8(CCCCC8)[C@H]6CCc6ccccc67)cc6cn(cc56)C(=C2CO3)N1)C4. The van der Waals surface area contributed by atoms with Crippen LogP contribution >= 0.6 is 0 Å². The molecule has 10 nitrogen and oxygen atoms in total. The summed E-state index contributed by atoms with van der Waals surface area (Å²) in [4.78, 5) is 0. The Morgan fingerprint density at radius 3 is 2.58 bits per heavy atom. The zero-order chi connectivity index (χ0) is 52.3. The molecule has 77 heavy (non-hydrogen) atoms. The minimum Gasteiger partial charge on any atom is -0.508 e. The average molecular weight is 1030 g/mol. The highest BCUT2D eigenvalue weighted by Gasteiger charge is 2.58. The summed E-state index contributed by atoms with van der Waals surface area (Å²) in [5.74, 6) is 9.45. The van der Waals surface area contributed by atoms with Gasteiger partial charge >= 0.3 is 0 Å². The monoisotopic (exact) mass is 1030 g/mol. The fourth-order valence-corrected chi connectivity index (χ4v) is 14.8. The van der Waals surface area contributed by atoms with Gasteiger partial charge in [-0.1, -0.05) is 104 Å². The first kappa shape index (κ1) is 49.8. The number of aromatic nitrogens is 1. The first-order chi connectivity index (χ1) is 37.6. The number of hydrogen-bond donors (Lipinski definition) is 6. The Hall–Kier alpha value is -6.74. The number of ether oxygens (including phenoxy) is 3. The highest BCUT2D eigenvalue weighted by atomic mass is 16.5. The number of aliphatic hydroxyl groups excluding tert-OH is 1. The molecular weight excluding hydrogens is 959 g/mol. The molecule has 14 rings (SSSR count). The van der Waals surface area contributed by atoms with Crippen molar-refractivity contribution < 1.29 is 34.6 Å². The maximum Gasteiger partial charge on any atom is 0.168 e. The van der Waals surface area contributed by atoms with Crippen LogP contribution in [-0.4, -0.2) is 62.2 Å². The quantitative estimate of drug-likeness (QED) is 0.0896. The van der Waals surface area contributed by atoms with Crippen molar-refractivity contribution in [2.45, 2.75) is 139 Å². The number of nitrogens with one attached hydrogen (secondary N) is 1. The lowest BCUT2D eigenvalue weighted by atomic mass is 9.51. The molecule has 8 aliphatic rings. The van der Waals surface area contributed by atoms with Crippen LogP contribution in [0.15, 0.2) is 127 Å². The molecule has 10 heteroatoms. The Balaban J connectivity index is 0.927. The van der Waals surface area contributed by atoms with Gasteiger partial charge in [-0.25, -0.2) is 0 Å². The number of aliphatic hydroxyl groups is 1. The standard InChI is InChI=1S/C67H71N3O7/c68-63-36-47-18-16-42(14-15-43-17-23-59(72)49(30-43)31-44-9-6-11-53(71)32-44)8-7-12-54-37-61(74)48-19-22-55-46(33-48)20-24-60(73)64(55)76-40-51-35-52(34-50-38-70(39-56(50)51)65(69-63)57(47)41-75-54)67-28-29-77-66(26-4-1-5-27-66)62(67)25-21-45-10-2-3-13-58(45)67/h2-3,6,9-11,13,17,19-20,22-24,30,32,34-36,38-39,42,48,54,61-63,69,71-74H,1,4-5,7-8,12,14-15,21,25-29,31,33,37,40-41,68H2/t42-,48-,54+,61+,62-,63?,67+/m1/s1. The average Bonchev–Trinajstić information content (AvgIpc) is 4.06. The predicted molar refractivity (Wildman–Crippen MR) is 301 cm³/mol. The molecule has 7 atom stereocenters. The minimum atomic E-state index is -0.669. The number of fused-ring (bicyclic) bond motifs is 6. The molecule has 5 aromatic carbocycles. The van der Waals surface area contributed by atoms with Gasteiger partial charge in [0.1, 0.15) is 23.9 Å². The van der Waals surface area contributed by atoms with E-state index < -0.39 is 12.3 Å². The van der Waals surface area contributed by atoms with Crippen LogP contribution in [0.5, 0.6) is 23.0 Å². The zero-order valence-corrected chi connectivity index (χ0v) is 44.0. The van der Waals surface area contributed by atoms with Crippen LogP contribution in [0.3, 0.4) is 0 Å². The summed E-state index contributed by atoms with van der Waals surface area (Å²) in [5, 5.41) is 50.5. The van der Waals surface area contributed by atoms with Crippen molar-refractivity contribution >= 4 is 22.7 Å². The molecule has 7 N–H and O–H groups in total. The molecule has 8 bridgehead atoms. The first-order valence-electron chi connectivity index (χ1n) is 28.5. The van der Waals surface area contributed by atoms with Crippen molar-refractivity contribution in [3.05, 3.63) is 177 Å². The van der Waals surface area contributed by atoms with Gasteiger partial charge in [0.2, 0.25) is 0 Å². The summed E-state index contributed by atoms with van der Waals surface area (Å²) in [6.07, 6.45) is 23.6. The first-order valence-corrected chi connectivity index (χ1v) is 28.5. The van der Waals surface area contributed by atoms with Crippen molar-refractivity contribution in [2.75, 3.05) is 13.2 Å². The van der Waals surface area contributed by atoms with Gasteiger partial charge in [0.05, 0.1) is 30.6 Å². The molecule has 5 aliphatic heterocycles. The van der Waals surface area contributed by atoms with Crippen LogP contribution in [0.25, 0.3) is 22.7 Å². The molecule has 6 heterocycles. The molecule has 1 spiro atoms. The molecule has 1 aromatic heterocycles. The number of benzene rings is 5. The molecule has 396 valence electrons. The van der Waals surface area contributed by atoms with Crippen molar-refractivity contribution in [1.29, 1.82) is 0 Å². The largest absolute Gasteiger partial charge is 0.508 e. The fraction of sp³-hybridized carbons (Fsp3) is 0.403. The zero-order valence-electron chi connectivity index (χ0n) is 44.0. The lowest BCUT2D eigenvalue weighted by Gasteiger charge is -2.59. The van der Waals surface area contributed by atoms with Gasteiger partial charge < -0.3 is 50.3 Å². The third-order valence-corrected chi connectivity index (χ3v) is 18.7. The van der Waals surface area contributed by atoms with E-state index in [-0.39, 0.29) is 59.4 Å². The van der Waals surface area contributed by atoms with E-state index >= 15 is 0 Å². The molecule has 1 saturated carbocycles. The van der Waals surface area contributed by atoms with E-state index in [9.17, 15) is 20.4 Å². The summed E-state index contributed by atoms with van der Waals surface area (Å²) in [5.41, 5.74) is 18.2. The van der Waals surface area contributed by atoms with Crippen molar-refractivity contribution in [3.8, 4) is 34.8 Å². The molecule has 1 unspecified atom stereocenters. The predicted octanol–water partition coefficient (Wildman–Crippen LogP) is 11.7. The summed E-state index contributed by atoms with van der Waals surface area (Å²) in [6.45, 7) is 1.21. The fourth-order valence-electron chi connectivity index (χ4n) is 14.8. The number of nitrogens with two attached hydrogens (primary N) is 1. The maximum absolute atomic E-state index is 12.1. The number of hydrogen-bond acceptors (Lipinski definition) is 9. The van der Waals surface area contributed by atoms with Crippen LogP contribution < -0.4 is 15.8 Å². The van der Waals surface area contributed by atoms with Crippen LogP contribution in [0.4, 0.5) is 0 Å². The topological polar surface area (TPSA) is 152 Å². The van der Waals surface area contributed by atoms with Gasteiger partial charge in [-0.05, 0) is 152 Å². The highest BCUT2D eigenvalue weighted by Crippen LogP contribution is 2.60. The second-order valence-electron chi connectivity index (χ2n) is 23.3. The van der Waals surface area contributed by atoms with Gasteiger partial charge in [0.25, 0.3) is 0 Å². The number of aromatic hydroxyl groups is 3. The summed E-state index contributed by atoms with van der Waals surface area (Å²) in [6, 6.07) is 30.8. The lowest BCUT2D eigenvalue weighted by molar-refractivity contribution is -0.166. The second-order valence-corrected chi connectivity index (χ2v) is 23.3. The Bertz CT molecular complexity index is 3400. The Labute approximate surface area is 452 Å². The Morgan fingerprint density at radius 2 is 1.69 bits per heavy atom. The van der Waals surface area contributed by atoms with E-state index in [1.54, 1.807) is 24.3 Å².